The number of thiophene rings is 1. The molecule has 28 heavy (non-hydrogen) atoms. The second-order valence-corrected chi connectivity index (χ2v) is 7.24. The summed E-state index contributed by atoms with van der Waals surface area (Å²) in [5.41, 5.74) is 0.366. The number of nitrogens with zero attached hydrogens (tertiary/aromatic N) is 4. The molecule has 9 heteroatoms. The SMILES string of the molecule is CCCn1c(=O)c2sccc2n2c(=O)n(CC(=O)c3ccc(OC)cc3)nc12. The van der Waals surface area contributed by atoms with Crippen molar-refractivity contribution in [1.82, 2.24) is 18.7 Å². The van der Waals surface area contributed by atoms with Crippen LogP contribution in [-0.4, -0.2) is 31.6 Å². The number of aryl methyl sites for hydroxylation is 1. The standard InChI is InChI=1S/C19H18N4O4S/c1-3-9-21-17(25)16-14(8-10-28-16)23-18(21)20-22(19(23)26)11-15(24)12-4-6-13(27-2)7-5-12/h4-8,10H,3,9,11H2,1-2H3. The van der Waals surface area contributed by atoms with Crippen LogP contribution < -0.4 is 16.0 Å². The van der Waals surface area contributed by atoms with Gasteiger partial charge in [0.15, 0.2) is 5.78 Å². The highest BCUT2D eigenvalue weighted by Gasteiger charge is 2.19. The van der Waals surface area contributed by atoms with Crippen LogP contribution in [0.1, 0.15) is 23.7 Å². The van der Waals surface area contributed by atoms with Gasteiger partial charge >= 0.3 is 5.69 Å². The van der Waals surface area contributed by atoms with E-state index in [2.05, 4.69) is 5.10 Å². The number of Topliss-reactive ketones (excluding diaryl/α,β-unsaturated/α-hetero) is 1. The van der Waals surface area contributed by atoms with Crippen molar-refractivity contribution in [3.63, 3.8) is 0 Å². The fourth-order valence-electron chi connectivity index (χ4n) is 3.17. The third-order valence-corrected chi connectivity index (χ3v) is 5.43. The number of fused-ring (bicyclic) bond motifs is 3. The number of benzene rings is 1. The minimum absolute atomic E-state index is 0.169. The molecule has 0 atom stereocenters. The highest BCUT2D eigenvalue weighted by Crippen LogP contribution is 2.17. The molecular formula is C19H18N4O4S. The second kappa shape index (κ2) is 7.08. The van der Waals surface area contributed by atoms with Gasteiger partial charge in [0, 0.05) is 12.1 Å². The Morgan fingerprint density at radius 3 is 2.61 bits per heavy atom. The molecule has 144 valence electrons. The van der Waals surface area contributed by atoms with E-state index in [1.54, 1.807) is 42.8 Å². The average Bonchev–Trinajstić information content (AvgIpc) is 3.30. The van der Waals surface area contributed by atoms with Gasteiger partial charge in [-0.05, 0) is 42.1 Å². The van der Waals surface area contributed by atoms with E-state index in [1.807, 2.05) is 6.92 Å². The Kier molecular flexibility index (Phi) is 4.60. The maximum absolute atomic E-state index is 13.0. The quantitative estimate of drug-likeness (QED) is 0.465. The fourth-order valence-corrected chi connectivity index (χ4v) is 3.99. The van der Waals surface area contributed by atoms with Gasteiger partial charge in [-0.1, -0.05) is 6.92 Å². The molecular weight excluding hydrogens is 380 g/mol. The van der Waals surface area contributed by atoms with Crippen LogP contribution in [-0.2, 0) is 13.1 Å². The van der Waals surface area contributed by atoms with Crippen molar-refractivity contribution in [2.45, 2.75) is 26.4 Å². The summed E-state index contributed by atoms with van der Waals surface area (Å²) < 4.78 is 9.61. The number of methoxy groups -OCH3 is 1. The summed E-state index contributed by atoms with van der Waals surface area (Å²) >= 11 is 1.29. The molecule has 4 aromatic rings. The first-order valence-corrected chi connectivity index (χ1v) is 9.70. The summed E-state index contributed by atoms with van der Waals surface area (Å²) in [6.07, 6.45) is 0.721. The van der Waals surface area contributed by atoms with Gasteiger partial charge in [0.25, 0.3) is 5.56 Å². The van der Waals surface area contributed by atoms with Crippen molar-refractivity contribution < 1.29 is 9.53 Å². The second-order valence-electron chi connectivity index (χ2n) is 6.32. The van der Waals surface area contributed by atoms with E-state index in [0.29, 0.717) is 28.1 Å². The lowest BCUT2D eigenvalue weighted by atomic mass is 10.1. The molecule has 0 aliphatic heterocycles. The lowest BCUT2D eigenvalue weighted by Gasteiger charge is -2.05. The van der Waals surface area contributed by atoms with E-state index < -0.39 is 5.69 Å². The topological polar surface area (TPSA) is 87.6 Å². The number of ketones is 1. The van der Waals surface area contributed by atoms with Crippen LogP contribution in [0.3, 0.4) is 0 Å². The van der Waals surface area contributed by atoms with Gasteiger partial charge in [0.1, 0.15) is 17.0 Å². The molecule has 0 spiro atoms. The lowest BCUT2D eigenvalue weighted by molar-refractivity contribution is 0.0966. The molecule has 0 N–H and O–H groups in total. The Morgan fingerprint density at radius 2 is 1.93 bits per heavy atom. The average molecular weight is 398 g/mol. The normalized spacial score (nSPS) is 11.4. The molecule has 0 amide bonds. The number of carbonyl (C=O) groups is 1. The Labute approximate surface area is 163 Å². The molecule has 0 saturated carbocycles. The maximum atomic E-state index is 13.0. The monoisotopic (exact) mass is 398 g/mol. The Hall–Kier alpha value is -3.20. The third kappa shape index (κ3) is 2.84. The van der Waals surface area contributed by atoms with Gasteiger partial charge < -0.3 is 4.74 Å². The van der Waals surface area contributed by atoms with Crippen LogP contribution >= 0.6 is 11.3 Å². The van der Waals surface area contributed by atoms with Crippen molar-refractivity contribution in [2.24, 2.45) is 0 Å². The summed E-state index contributed by atoms with van der Waals surface area (Å²) in [6, 6.07) is 8.39. The van der Waals surface area contributed by atoms with Gasteiger partial charge in [-0.2, -0.15) is 0 Å². The fraction of sp³-hybridized carbons (Fsp3) is 0.263. The Bertz CT molecular complexity index is 1290. The van der Waals surface area contributed by atoms with Crippen molar-refractivity contribution in [2.75, 3.05) is 7.11 Å². The zero-order valence-corrected chi connectivity index (χ0v) is 16.2. The smallest absolute Gasteiger partial charge is 0.352 e. The van der Waals surface area contributed by atoms with Gasteiger partial charge in [-0.15, -0.1) is 16.4 Å². The third-order valence-electron chi connectivity index (χ3n) is 4.54. The lowest BCUT2D eigenvalue weighted by Crippen LogP contribution is -2.27. The van der Waals surface area contributed by atoms with Gasteiger partial charge in [-0.3, -0.25) is 14.2 Å². The Morgan fingerprint density at radius 1 is 1.18 bits per heavy atom. The summed E-state index contributed by atoms with van der Waals surface area (Å²) in [6.45, 7) is 2.18. The molecule has 8 nitrogen and oxygen atoms in total. The molecule has 3 aromatic heterocycles. The van der Waals surface area contributed by atoms with Crippen molar-refractivity contribution in [3.8, 4) is 5.75 Å². The molecule has 0 fully saturated rings. The molecule has 0 saturated heterocycles. The van der Waals surface area contributed by atoms with Gasteiger partial charge in [0.2, 0.25) is 5.78 Å². The summed E-state index contributed by atoms with van der Waals surface area (Å²) in [5, 5.41) is 6.08. The number of ether oxygens (including phenoxy) is 1. The van der Waals surface area contributed by atoms with E-state index in [9.17, 15) is 14.4 Å². The molecule has 0 aliphatic rings. The first kappa shape index (κ1) is 18.2. The van der Waals surface area contributed by atoms with Crippen LogP contribution in [0.2, 0.25) is 0 Å². The summed E-state index contributed by atoms with van der Waals surface area (Å²) in [5.74, 6) is 0.647. The largest absolute Gasteiger partial charge is 0.497 e. The number of hydrogen-bond donors (Lipinski definition) is 0. The highest BCUT2D eigenvalue weighted by molar-refractivity contribution is 7.17. The molecule has 0 bridgehead atoms. The van der Waals surface area contributed by atoms with E-state index in [0.717, 1.165) is 11.1 Å². The van der Waals surface area contributed by atoms with Crippen molar-refractivity contribution in [3.05, 3.63) is 62.1 Å². The van der Waals surface area contributed by atoms with Crippen molar-refractivity contribution in [1.29, 1.82) is 0 Å². The molecule has 3 heterocycles. The molecule has 1 aromatic carbocycles. The van der Waals surface area contributed by atoms with Crippen molar-refractivity contribution >= 4 is 33.1 Å². The van der Waals surface area contributed by atoms with Crippen LogP contribution in [0.4, 0.5) is 0 Å². The maximum Gasteiger partial charge on any atom is 0.352 e. The Balaban J connectivity index is 1.83. The summed E-state index contributed by atoms with van der Waals surface area (Å²) in [7, 11) is 1.55. The van der Waals surface area contributed by atoms with Crippen LogP contribution in [0, 0.1) is 0 Å². The number of rotatable bonds is 6. The minimum atomic E-state index is -0.440. The zero-order valence-electron chi connectivity index (χ0n) is 15.4. The zero-order chi connectivity index (χ0) is 19.8. The first-order valence-electron chi connectivity index (χ1n) is 8.82. The summed E-state index contributed by atoms with van der Waals surface area (Å²) in [4.78, 5) is 38.3. The van der Waals surface area contributed by atoms with Crippen LogP contribution in [0.25, 0.3) is 16.0 Å². The number of carbonyl (C=O) groups excluding carboxylic acids is 1. The van der Waals surface area contributed by atoms with Crippen LogP contribution in [0.15, 0.2) is 45.3 Å². The number of aromatic nitrogens is 4. The predicted molar refractivity (Wildman–Crippen MR) is 107 cm³/mol. The van der Waals surface area contributed by atoms with Crippen LogP contribution in [0.5, 0.6) is 5.75 Å². The highest BCUT2D eigenvalue weighted by atomic mass is 32.1. The molecule has 0 unspecified atom stereocenters. The molecule has 0 aliphatic carbocycles. The number of hydrogen-bond acceptors (Lipinski definition) is 6. The van der Waals surface area contributed by atoms with Gasteiger partial charge in [0.05, 0.1) is 12.6 Å². The molecule has 0 radical (unpaired) electrons. The van der Waals surface area contributed by atoms with E-state index >= 15 is 0 Å². The van der Waals surface area contributed by atoms with E-state index in [4.69, 9.17) is 4.74 Å². The van der Waals surface area contributed by atoms with Gasteiger partial charge in [-0.25, -0.2) is 13.9 Å². The van der Waals surface area contributed by atoms with E-state index in [-0.39, 0.29) is 23.7 Å². The molecule has 4 rings (SSSR count). The first-order chi connectivity index (χ1) is 13.5. The van der Waals surface area contributed by atoms with E-state index in [1.165, 1.54) is 20.3 Å². The predicted octanol–water partition coefficient (Wildman–Crippen LogP) is 2.17. The minimum Gasteiger partial charge on any atom is -0.497 e.